The van der Waals surface area contributed by atoms with E-state index in [1.807, 2.05) is 0 Å². The van der Waals surface area contributed by atoms with Crippen LogP contribution in [0.4, 0.5) is 0 Å². The second kappa shape index (κ2) is 6.17. The fourth-order valence-electron chi connectivity index (χ4n) is 3.24. The van der Waals surface area contributed by atoms with E-state index in [-0.39, 0.29) is 0 Å². The van der Waals surface area contributed by atoms with E-state index in [1.165, 1.54) is 18.4 Å². The third kappa shape index (κ3) is 3.17. The molecule has 0 atom stereocenters. The van der Waals surface area contributed by atoms with Crippen LogP contribution < -0.4 is 10.1 Å². The highest BCUT2D eigenvalue weighted by atomic mass is 16.5. The lowest BCUT2D eigenvalue weighted by atomic mass is 9.56. The summed E-state index contributed by atoms with van der Waals surface area (Å²) in [5, 5.41) is 3.64. The Bertz CT molecular complexity index is 410. The minimum Gasteiger partial charge on any atom is -0.497 e. The summed E-state index contributed by atoms with van der Waals surface area (Å²) in [7, 11) is 1.73. The van der Waals surface area contributed by atoms with Crippen LogP contribution in [0.2, 0.25) is 0 Å². The maximum Gasteiger partial charge on any atom is 0.118 e. The quantitative estimate of drug-likeness (QED) is 0.847. The normalized spacial score (nSPS) is 25.9. The summed E-state index contributed by atoms with van der Waals surface area (Å²) in [6.07, 6.45) is 2.60. The SMILES string of the molecule is COc1ccc(C2(CNC(C)C)CC(C(C)C)C2)cc1. The molecule has 0 radical (unpaired) electrons. The molecular formula is C18H29NO. The molecule has 2 heteroatoms. The van der Waals surface area contributed by atoms with Crippen molar-refractivity contribution < 1.29 is 4.74 Å². The van der Waals surface area contributed by atoms with Gasteiger partial charge in [-0.15, -0.1) is 0 Å². The Labute approximate surface area is 123 Å². The number of hydrogen-bond acceptors (Lipinski definition) is 2. The van der Waals surface area contributed by atoms with Crippen LogP contribution in [0.1, 0.15) is 46.1 Å². The Morgan fingerprint density at radius 2 is 1.75 bits per heavy atom. The first-order chi connectivity index (χ1) is 9.47. The highest BCUT2D eigenvalue weighted by Crippen LogP contribution is 2.50. The smallest absolute Gasteiger partial charge is 0.118 e. The topological polar surface area (TPSA) is 21.3 Å². The number of hydrogen-bond donors (Lipinski definition) is 1. The molecule has 20 heavy (non-hydrogen) atoms. The molecule has 1 N–H and O–H groups in total. The molecule has 0 aromatic heterocycles. The third-order valence-corrected chi connectivity index (χ3v) is 4.80. The lowest BCUT2D eigenvalue weighted by molar-refractivity contribution is 0.0958. The van der Waals surface area contributed by atoms with E-state index >= 15 is 0 Å². The van der Waals surface area contributed by atoms with Crippen molar-refractivity contribution in [3.8, 4) is 5.75 Å². The van der Waals surface area contributed by atoms with E-state index < -0.39 is 0 Å². The molecule has 1 aliphatic rings. The van der Waals surface area contributed by atoms with Gasteiger partial charge in [-0.1, -0.05) is 39.8 Å². The minimum atomic E-state index is 0.325. The lowest BCUT2D eigenvalue weighted by Gasteiger charge is -2.50. The number of benzene rings is 1. The van der Waals surface area contributed by atoms with Crippen molar-refractivity contribution in [3.05, 3.63) is 29.8 Å². The van der Waals surface area contributed by atoms with Gasteiger partial charge in [0.25, 0.3) is 0 Å². The standard InChI is InChI=1S/C18H29NO/c1-13(2)15-10-18(11-15,12-19-14(3)4)16-6-8-17(20-5)9-7-16/h6-9,13-15,19H,10-12H2,1-5H3. The first-order valence-electron chi connectivity index (χ1n) is 7.85. The van der Waals surface area contributed by atoms with Crippen LogP contribution in [-0.4, -0.2) is 19.7 Å². The molecule has 1 saturated carbocycles. The summed E-state index contributed by atoms with van der Waals surface area (Å²) in [4.78, 5) is 0. The predicted octanol–water partition coefficient (Wildman–Crippen LogP) is 4.00. The van der Waals surface area contributed by atoms with Gasteiger partial charge < -0.3 is 10.1 Å². The van der Waals surface area contributed by atoms with Crippen molar-refractivity contribution in [2.45, 2.75) is 52.0 Å². The zero-order chi connectivity index (χ0) is 14.8. The van der Waals surface area contributed by atoms with E-state index in [4.69, 9.17) is 4.74 Å². The summed E-state index contributed by atoms with van der Waals surface area (Å²) in [6, 6.07) is 9.22. The van der Waals surface area contributed by atoms with E-state index in [2.05, 4.69) is 57.3 Å². The van der Waals surface area contributed by atoms with E-state index in [9.17, 15) is 0 Å². The molecule has 0 heterocycles. The van der Waals surface area contributed by atoms with E-state index in [1.54, 1.807) is 7.11 Å². The van der Waals surface area contributed by atoms with Crippen molar-refractivity contribution in [1.82, 2.24) is 5.32 Å². The average Bonchev–Trinajstić information content (AvgIpc) is 2.37. The highest BCUT2D eigenvalue weighted by Gasteiger charge is 2.46. The van der Waals surface area contributed by atoms with Crippen molar-refractivity contribution in [3.63, 3.8) is 0 Å². The molecule has 0 amide bonds. The van der Waals surface area contributed by atoms with Gasteiger partial charge in [-0.2, -0.15) is 0 Å². The van der Waals surface area contributed by atoms with Gasteiger partial charge >= 0.3 is 0 Å². The molecule has 0 spiro atoms. The van der Waals surface area contributed by atoms with Crippen LogP contribution in [0.3, 0.4) is 0 Å². The zero-order valence-electron chi connectivity index (χ0n) is 13.6. The Hall–Kier alpha value is -1.02. The molecule has 112 valence electrons. The summed E-state index contributed by atoms with van der Waals surface area (Å²) in [5.41, 5.74) is 1.79. The summed E-state index contributed by atoms with van der Waals surface area (Å²) in [6.45, 7) is 10.2. The molecule has 1 aromatic carbocycles. The van der Waals surface area contributed by atoms with Crippen molar-refractivity contribution in [1.29, 1.82) is 0 Å². The molecule has 1 aliphatic carbocycles. The summed E-state index contributed by atoms with van der Waals surface area (Å²) < 4.78 is 5.28. The predicted molar refractivity (Wildman–Crippen MR) is 85.4 cm³/mol. The number of ether oxygens (including phenoxy) is 1. The van der Waals surface area contributed by atoms with Crippen LogP contribution in [0.5, 0.6) is 5.75 Å². The van der Waals surface area contributed by atoms with Crippen molar-refractivity contribution >= 4 is 0 Å². The van der Waals surface area contributed by atoms with Gasteiger partial charge in [0.2, 0.25) is 0 Å². The Kier molecular flexibility index (Phi) is 4.74. The Balaban J connectivity index is 2.14. The molecule has 2 nitrogen and oxygen atoms in total. The van der Waals surface area contributed by atoms with Gasteiger partial charge in [-0.25, -0.2) is 0 Å². The second-order valence-electron chi connectivity index (χ2n) is 6.96. The molecular weight excluding hydrogens is 246 g/mol. The van der Waals surface area contributed by atoms with Crippen LogP contribution in [0.25, 0.3) is 0 Å². The van der Waals surface area contributed by atoms with Crippen LogP contribution in [0, 0.1) is 11.8 Å². The van der Waals surface area contributed by atoms with Gasteiger partial charge in [0.05, 0.1) is 7.11 Å². The van der Waals surface area contributed by atoms with Crippen molar-refractivity contribution in [2.75, 3.05) is 13.7 Å². The summed E-state index contributed by atoms with van der Waals surface area (Å²) >= 11 is 0. The highest BCUT2D eigenvalue weighted by molar-refractivity contribution is 5.35. The first-order valence-corrected chi connectivity index (χ1v) is 7.85. The zero-order valence-corrected chi connectivity index (χ0v) is 13.6. The maximum absolute atomic E-state index is 5.28. The van der Waals surface area contributed by atoms with Gasteiger partial charge in [-0.05, 0) is 42.4 Å². The molecule has 0 aliphatic heterocycles. The number of nitrogens with one attached hydrogen (secondary N) is 1. The molecule has 0 saturated heterocycles. The van der Waals surface area contributed by atoms with E-state index in [0.717, 1.165) is 24.1 Å². The lowest BCUT2D eigenvalue weighted by Crippen LogP contribution is -2.51. The van der Waals surface area contributed by atoms with Gasteiger partial charge in [0.15, 0.2) is 0 Å². The van der Waals surface area contributed by atoms with E-state index in [0.29, 0.717) is 11.5 Å². The largest absolute Gasteiger partial charge is 0.497 e. The molecule has 0 bridgehead atoms. The molecule has 1 aromatic rings. The Morgan fingerprint density at radius 3 is 2.20 bits per heavy atom. The minimum absolute atomic E-state index is 0.325. The third-order valence-electron chi connectivity index (χ3n) is 4.80. The van der Waals surface area contributed by atoms with Crippen LogP contribution in [0.15, 0.2) is 24.3 Å². The van der Waals surface area contributed by atoms with Gasteiger partial charge in [0, 0.05) is 18.0 Å². The van der Waals surface area contributed by atoms with Crippen LogP contribution in [-0.2, 0) is 5.41 Å². The first kappa shape index (κ1) is 15.4. The summed E-state index contributed by atoms with van der Waals surface area (Å²) in [5.74, 6) is 2.60. The molecule has 1 fully saturated rings. The molecule has 0 unspecified atom stereocenters. The Morgan fingerprint density at radius 1 is 1.15 bits per heavy atom. The van der Waals surface area contributed by atoms with Crippen molar-refractivity contribution in [2.24, 2.45) is 11.8 Å². The fourth-order valence-corrected chi connectivity index (χ4v) is 3.24. The maximum atomic E-state index is 5.28. The second-order valence-corrected chi connectivity index (χ2v) is 6.96. The monoisotopic (exact) mass is 275 g/mol. The van der Waals surface area contributed by atoms with Gasteiger partial charge in [0.1, 0.15) is 5.75 Å². The van der Waals surface area contributed by atoms with Gasteiger partial charge in [-0.3, -0.25) is 0 Å². The number of rotatable bonds is 6. The average molecular weight is 275 g/mol. The molecule has 2 rings (SSSR count). The van der Waals surface area contributed by atoms with Crippen LogP contribution >= 0.6 is 0 Å². The fraction of sp³-hybridized carbons (Fsp3) is 0.667. The number of methoxy groups -OCH3 is 1.